The average Bonchev–Trinajstić information content (AvgIpc) is 2.65. The molecule has 0 fully saturated rings. The van der Waals surface area contributed by atoms with Crippen LogP contribution >= 0.6 is 11.3 Å². The van der Waals surface area contributed by atoms with Gasteiger partial charge in [-0.1, -0.05) is 25.2 Å². The molecule has 1 aromatic heterocycles. The van der Waals surface area contributed by atoms with Crippen molar-refractivity contribution in [3.63, 3.8) is 0 Å². The van der Waals surface area contributed by atoms with Crippen molar-refractivity contribution in [1.82, 2.24) is 15.1 Å². The van der Waals surface area contributed by atoms with Crippen molar-refractivity contribution in [3.05, 3.63) is 5.01 Å². The lowest BCUT2D eigenvalue weighted by Gasteiger charge is -2.24. The van der Waals surface area contributed by atoms with E-state index in [1.165, 1.54) is 6.42 Å². The van der Waals surface area contributed by atoms with E-state index >= 15 is 0 Å². The predicted octanol–water partition coefficient (Wildman–Crippen LogP) is 2.84. The van der Waals surface area contributed by atoms with Crippen molar-refractivity contribution in [3.8, 4) is 0 Å². The number of nitrogens with zero attached hydrogens (tertiary/aromatic N) is 3. The largest absolute Gasteiger partial charge is 0.360 e. The number of hydrogen-bond acceptors (Lipinski definition) is 5. The maximum absolute atomic E-state index is 4.20. The Bertz CT molecular complexity index is 324. The summed E-state index contributed by atoms with van der Waals surface area (Å²) in [5, 5.41) is 13.5. The maximum Gasteiger partial charge on any atom is 0.205 e. The summed E-state index contributed by atoms with van der Waals surface area (Å²) in [6.07, 6.45) is 1.22. The zero-order chi connectivity index (χ0) is 12.8. The summed E-state index contributed by atoms with van der Waals surface area (Å²) in [5.41, 5.74) is 0. The molecule has 0 aliphatic carbocycles. The fourth-order valence-electron chi connectivity index (χ4n) is 1.77. The number of hydrogen-bond donors (Lipinski definition) is 1. The van der Waals surface area contributed by atoms with Crippen molar-refractivity contribution in [2.24, 2.45) is 5.92 Å². The van der Waals surface area contributed by atoms with Crippen LogP contribution in [0.2, 0.25) is 0 Å². The number of aromatic nitrogens is 2. The Morgan fingerprint density at radius 2 is 2.00 bits per heavy atom. The quantitative estimate of drug-likeness (QED) is 0.814. The second-order valence-electron chi connectivity index (χ2n) is 4.92. The Morgan fingerprint density at radius 3 is 2.59 bits per heavy atom. The van der Waals surface area contributed by atoms with Gasteiger partial charge in [0.15, 0.2) is 0 Å². The van der Waals surface area contributed by atoms with Crippen LogP contribution < -0.4 is 5.32 Å². The monoisotopic (exact) mass is 256 g/mol. The van der Waals surface area contributed by atoms with E-state index in [0.717, 1.165) is 29.1 Å². The zero-order valence-electron chi connectivity index (χ0n) is 11.5. The van der Waals surface area contributed by atoms with E-state index in [0.29, 0.717) is 6.04 Å². The Balaban J connectivity index is 2.46. The highest BCUT2D eigenvalue weighted by atomic mass is 32.1. The third-order valence-electron chi connectivity index (χ3n) is 2.74. The van der Waals surface area contributed by atoms with Gasteiger partial charge in [-0.3, -0.25) is 4.90 Å². The molecular formula is C12H24N4S. The molecule has 1 N–H and O–H groups in total. The van der Waals surface area contributed by atoms with Crippen LogP contribution in [0.4, 0.5) is 5.13 Å². The van der Waals surface area contributed by atoms with E-state index in [4.69, 9.17) is 0 Å². The Kier molecular flexibility index (Phi) is 5.85. The van der Waals surface area contributed by atoms with Crippen molar-refractivity contribution < 1.29 is 0 Å². The number of rotatable bonds is 7. The molecule has 0 aliphatic heterocycles. The minimum absolute atomic E-state index is 0.585. The third kappa shape index (κ3) is 5.00. The van der Waals surface area contributed by atoms with Gasteiger partial charge >= 0.3 is 0 Å². The third-order valence-corrected chi connectivity index (χ3v) is 3.61. The van der Waals surface area contributed by atoms with Crippen LogP contribution in [0.1, 0.15) is 39.1 Å². The van der Waals surface area contributed by atoms with Crippen LogP contribution in [0.5, 0.6) is 0 Å². The topological polar surface area (TPSA) is 41.1 Å². The summed E-state index contributed by atoms with van der Waals surface area (Å²) >= 11 is 1.65. The summed E-state index contributed by atoms with van der Waals surface area (Å²) < 4.78 is 0. The average molecular weight is 256 g/mol. The molecule has 0 spiro atoms. The summed E-state index contributed by atoms with van der Waals surface area (Å²) in [6, 6.07) is 0.585. The Morgan fingerprint density at radius 1 is 1.29 bits per heavy atom. The molecule has 5 heteroatoms. The summed E-state index contributed by atoms with van der Waals surface area (Å²) in [6.45, 7) is 10.6. The van der Waals surface area contributed by atoms with Gasteiger partial charge in [-0.2, -0.15) is 0 Å². The van der Waals surface area contributed by atoms with Crippen molar-refractivity contribution in [2.75, 3.05) is 18.9 Å². The highest BCUT2D eigenvalue weighted by Crippen LogP contribution is 2.18. The van der Waals surface area contributed by atoms with Crippen molar-refractivity contribution in [2.45, 2.75) is 46.7 Å². The molecule has 0 radical (unpaired) electrons. The highest BCUT2D eigenvalue weighted by Gasteiger charge is 2.13. The van der Waals surface area contributed by atoms with E-state index in [2.05, 4.69) is 55.2 Å². The molecular weight excluding hydrogens is 232 g/mol. The highest BCUT2D eigenvalue weighted by molar-refractivity contribution is 7.15. The summed E-state index contributed by atoms with van der Waals surface area (Å²) in [7, 11) is 2.15. The molecule has 1 aromatic rings. The van der Waals surface area contributed by atoms with Crippen LogP contribution in [-0.4, -0.2) is 34.7 Å². The first kappa shape index (κ1) is 14.4. The Labute approximate surface area is 108 Å². The van der Waals surface area contributed by atoms with Crippen molar-refractivity contribution >= 4 is 16.5 Å². The predicted molar refractivity (Wildman–Crippen MR) is 74.5 cm³/mol. The molecule has 4 nitrogen and oxygen atoms in total. The van der Waals surface area contributed by atoms with Crippen LogP contribution in [0.3, 0.4) is 0 Å². The zero-order valence-corrected chi connectivity index (χ0v) is 12.3. The van der Waals surface area contributed by atoms with Gasteiger partial charge in [0.2, 0.25) is 5.13 Å². The van der Waals surface area contributed by atoms with Gasteiger partial charge in [0.25, 0.3) is 0 Å². The fraction of sp³-hybridized carbons (Fsp3) is 0.833. The first-order valence-electron chi connectivity index (χ1n) is 6.29. The molecule has 0 aromatic carbocycles. The lowest BCUT2D eigenvalue weighted by molar-refractivity contribution is 0.220. The lowest BCUT2D eigenvalue weighted by atomic mass is 10.0. The van der Waals surface area contributed by atoms with Gasteiger partial charge in [0.1, 0.15) is 5.01 Å². The van der Waals surface area contributed by atoms with Gasteiger partial charge in [-0.05, 0) is 33.2 Å². The molecule has 1 heterocycles. The number of nitrogens with one attached hydrogen (secondary N) is 1. The summed E-state index contributed by atoms with van der Waals surface area (Å²) in [5.74, 6) is 0.735. The van der Waals surface area contributed by atoms with E-state index in [1.807, 2.05) is 0 Å². The molecule has 0 bridgehead atoms. The van der Waals surface area contributed by atoms with Crippen LogP contribution in [0.25, 0.3) is 0 Å². The van der Waals surface area contributed by atoms with Gasteiger partial charge in [-0.25, -0.2) is 0 Å². The lowest BCUT2D eigenvalue weighted by Crippen LogP contribution is -2.29. The minimum atomic E-state index is 0.585. The molecule has 0 amide bonds. The first-order valence-corrected chi connectivity index (χ1v) is 7.11. The SMILES string of the molecule is CCNc1nnc(CN(C)C(C)CC(C)C)s1. The van der Waals surface area contributed by atoms with Gasteiger partial charge in [0.05, 0.1) is 6.54 Å². The van der Waals surface area contributed by atoms with E-state index < -0.39 is 0 Å². The smallest absolute Gasteiger partial charge is 0.205 e. The second kappa shape index (κ2) is 6.91. The molecule has 1 unspecified atom stereocenters. The molecule has 17 heavy (non-hydrogen) atoms. The molecule has 0 saturated heterocycles. The van der Waals surface area contributed by atoms with Crippen LogP contribution in [-0.2, 0) is 6.54 Å². The van der Waals surface area contributed by atoms with Gasteiger partial charge in [-0.15, -0.1) is 10.2 Å². The molecule has 98 valence electrons. The fourth-order valence-corrected chi connectivity index (χ4v) is 2.64. The second-order valence-corrected chi connectivity index (χ2v) is 5.99. The van der Waals surface area contributed by atoms with Crippen molar-refractivity contribution in [1.29, 1.82) is 0 Å². The standard InChI is InChI=1S/C12H24N4S/c1-6-13-12-15-14-11(17-12)8-16(5)10(4)7-9(2)3/h9-10H,6-8H2,1-5H3,(H,13,15). The maximum atomic E-state index is 4.20. The molecule has 0 saturated carbocycles. The normalized spacial score (nSPS) is 13.4. The summed E-state index contributed by atoms with van der Waals surface area (Å²) in [4.78, 5) is 2.34. The molecule has 1 rings (SSSR count). The van der Waals surface area contributed by atoms with E-state index in [9.17, 15) is 0 Å². The van der Waals surface area contributed by atoms with E-state index in [1.54, 1.807) is 11.3 Å². The first-order chi connectivity index (χ1) is 8.02. The molecule has 0 aliphatic rings. The Hall–Kier alpha value is -0.680. The number of anilines is 1. The van der Waals surface area contributed by atoms with Gasteiger partial charge < -0.3 is 5.32 Å². The van der Waals surface area contributed by atoms with Crippen LogP contribution in [0.15, 0.2) is 0 Å². The van der Waals surface area contributed by atoms with E-state index in [-0.39, 0.29) is 0 Å². The molecule has 1 atom stereocenters. The minimum Gasteiger partial charge on any atom is -0.360 e. The van der Waals surface area contributed by atoms with Crippen LogP contribution in [0, 0.1) is 5.92 Å². The van der Waals surface area contributed by atoms with Gasteiger partial charge in [0, 0.05) is 12.6 Å².